The molecule has 0 aliphatic rings. The molecule has 0 unspecified atom stereocenters. The Bertz CT molecular complexity index is 815. The van der Waals surface area contributed by atoms with Crippen molar-refractivity contribution in [3.05, 3.63) is 76.5 Å². The number of carbonyl (C=O) groups excluding carboxylic acids is 1. The predicted molar refractivity (Wildman–Crippen MR) is 106 cm³/mol. The molecular formula is C19H17NOS3. The quantitative estimate of drug-likeness (QED) is 0.538. The molecule has 24 heavy (non-hydrogen) atoms. The molecule has 0 fully saturated rings. The maximum Gasteiger partial charge on any atom is 0.256 e. The van der Waals surface area contributed by atoms with Gasteiger partial charge in [-0.15, -0.1) is 34.9 Å². The van der Waals surface area contributed by atoms with E-state index in [0.717, 1.165) is 26.8 Å². The average Bonchev–Trinajstić information content (AvgIpc) is 3.14. The molecule has 1 aromatic heterocycles. The van der Waals surface area contributed by atoms with E-state index in [1.807, 2.05) is 54.8 Å². The number of thiophene rings is 1. The van der Waals surface area contributed by atoms with Crippen molar-refractivity contribution in [2.24, 2.45) is 0 Å². The Labute approximate surface area is 154 Å². The Morgan fingerprint density at radius 2 is 1.75 bits per heavy atom. The van der Waals surface area contributed by atoms with Crippen molar-refractivity contribution in [3.63, 3.8) is 0 Å². The number of benzene rings is 2. The van der Waals surface area contributed by atoms with E-state index in [2.05, 4.69) is 22.8 Å². The third kappa shape index (κ3) is 4.23. The van der Waals surface area contributed by atoms with E-state index in [1.54, 1.807) is 34.9 Å². The minimum atomic E-state index is -0.0641. The summed E-state index contributed by atoms with van der Waals surface area (Å²) in [7, 11) is 0. The van der Waals surface area contributed by atoms with E-state index in [4.69, 9.17) is 0 Å². The number of nitrogens with one attached hydrogen (secondary N) is 1. The van der Waals surface area contributed by atoms with Crippen LogP contribution in [-0.2, 0) is 5.75 Å². The van der Waals surface area contributed by atoms with Crippen molar-refractivity contribution in [2.75, 3.05) is 11.6 Å². The van der Waals surface area contributed by atoms with Gasteiger partial charge in [-0.2, -0.15) is 0 Å². The molecule has 0 bridgehead atoms. The van der Waals surface area contributed by atoms with Crippen LogP contribution in [0, 0.1) is 0 Å². The molecule has 3 aromatic rings. The largest absolute Gasteiger partial charge is 0.321 e. The van der Waals surface area contributed by atoms with E-state index < -0.39 is 0 Å². The highest BCUT2D eigenvalue weighted by molar-refractivity contribution is 7.99. The van der Waals surface area contributed by atoms with Crippen LogP contribution in [0.2, 0.25) is 0 Å². The van der Waals surface area contributed by atoms with E-state index >= 15 is 0 Å². The van der Waals surface area contributed by atoms with Gasteiger partial charge in [0.1, 0.15) is 0 Å². The van der Waals surface area contributed by atoms with E-state index in [-0.39, 0.29) is 5.91 Å². The van der Waals surface area contributed by atoms with Crippen LogP contribution in [0.15, 0.2) is 75.8 Å². The highest BCUT2D eigenvalue weighted by atomic mass is 32.2. The van der Waals surface area contributed by atoms with Gasteiger partial charge >= 0.3 is 0 Å². The molecular weight excluding hydrogens is 354 g/mol. The minimum absolute atomic E-state index is 0.0641. The van der Waals surface area contributed by atoms with Crippen LogP contribution in [0.3, 0.4) is 0 Å². The van der Waals surface area contributed by atoms with Crippen molar-refractivity contribution in [3.8, 4) is 0 Å². The standard InChI is InChI=1S/C19H17NOS3/c1-22-18-11-5-3-9-16(18)20-19(21)15-8-2-4-10-17(15)24-13-14-7-6-12-23-14/h2-12H,13H2,1H3,(H,20,21). The molecule has 1 amide bonds. The normalized spacial score (nSPS) is 10.5. The summed E-state index contributed by atoms with van der Waals surface area (Å²) in [6.45, 7) is 0. The lowest BCUT2D eigenvalue weighted by atomic mass is 10.2. The predicted octanol–water partition coefficient (Wildman–Crippen LogP) is 6.01. The Balaban J connectivity index is 1.77. The molecule has 2 aromatic carbocycles. The molecule has 0 aliphatic heterocycles. The van der Waals surface area contributed by atoms with Crippen molar-refractivity contribution in [1.29, 1.82) is 0 Å². The number of carbonyl (C=O) groups is 1. The second kappa shape index (κ2) is 8.42. The van der Waals surface area contributed by atoms with E-state index in [9.17, 15) is 4.79 Å². The summed E-state index contributed by atoms with van der Waals surface area (Å²) in [6, 6.07) is 19.8. The second-order valence-electron chi connectivity index (χ2n) is 5.02. The zero-order valence-corrected chi connectivity index (χ0v) is 15.6. The monoisotopic (exact) mass is 371 g/mol. The van der Waals surface area contributed by atoms with Crippen LogP contribution in [0.25, 0.3) is 0 Å². The number of hydrogen-bond acceptors (Lipinski definition) is 4. The molecule has 2 nitrogen and oxygen atoms in total. The van der Waals surface area contributed by atoms with Gasteiger partial charge in [0.25, 0.3) is 5.91 Å². The summed E-state index contributed by atoms with van der Waals surface area (Å²) in [5.74, 6) is 0.814. The van der Waals surface area contributed by atoms with Crippen LogP contribution in [0.4, 0.5) is 5.69 Å². The van der Waals surface area contributed by atoms with Crippen molar-refractivity contribution in [2.45, 2.75) is 15.5 Å². The Morgan fingerprint density at radius 3 is 2.50 bits per heavy atom. The summed E-state index contributed by atoms with van der Waals surface area (Å²) in [6.07, 6.45) is 2.01. The lowest BCUT2D eigenvalue weighted by Crippen LogP contribution is -2.13. The fourth-order valence-electron chi connectivity index (χ4n) is 2.26. The SMILES string of the molecule is CSc1ccccc1NC(=O)c1ccccc1SCc1cccs1. The number of anilines is 1. The molecule has 122 valence electrons. The van der Waals surface area contributed by atoms with Gasteiger partial charge in [0, 0.05) is 20.4 Å². The molecule has 1 heterocycles. The van der Waals surface area contributed by atoms with Crippen LogP contribution in [0.1, 0.15) is 15.2 Å². The van der Waals surface area contributed by atoms with Crippen molar-refractivity contribution in [1.82, 2.24) is 0 Å². The lowest BCUT2D eigenvalue weighted by molar-refractivity contribution is 0.102. The van der Waals surface area contributed by atoms with Crippen LogP contribution < -0.4 is 5.32 Å². The molecule has 0 atom stereocenters. The molecule has 0 aliphatic carbocycles. The fourth-order valence-corrected chi connectivity index (χ4v) is 4.64. The molecule has 3 rings (SSSR count). The maximum absolute atomic E-state index is 12.7. The first-order chi connectivity index (χ1) is 11.8. The number of thioether (sulfide) groups is 2. The highest BCUT2D eigenvalue weighted by Gasteiger charge is 2.13. The van der Waals surface area contributed by atoms with Crippen LogP contribution in [0.5, 0.6) is 0 Å². The third-order valence-electron chi connectivity index (χ3n) is 3.44. The Kier molecular flexibility index (Phi) is 6.01. The first-order valence-corrected chi connectivity index (χ1v) is 10.6. The smallest absolute Gasteiger partial charge is 0.256 e. The van der Waals surface area contributed by atoms with Gasteiger partial charge in [-0.25, -0.2) is 0 Å². The van der Waals surface area contributed by atoms with Gasteiger partial charge in [-0.1, -0.05) is 30.3 Å². The van der Waals surface area contributed by atoms with E-state index in [1.165, 1.54) is 4.88 Å². The average molecular weight is 372 g/mol. The van der Waals surface area contributed by atoms with E-state index in [0.29, 0.717) is 0 Å². The lowest BCUT2D eigenvalue weighted by Gasteiger charge is -2.12. The molecule has 1 N–H and O–H groups in total. The first-order valence-electron chi connectivity index (χ1n) is 7.46. The number of rotatable bonds is 6. The van der Waals surface area contributed by atoms with Gasteiger partial charge in [0.2, 0.25) is 0 Å². The topological polar surface area (TPSA) is 29.1 Å². The zero-order chi connectivity index (χ0) is 16.8. The molecule has 0 radical (unpaired) electrons. The van der Waals surface area contributed by atoms with Crippen molar-refractivity contribution >= 4 is 46.5 Å². The van der Waals surface area contributed by atoms with Crippen LogP contribution >= 0.6 is 34.9 Å². The molecule has 0 spiro atoms. The highest BCUT2D eigenvalue weighted by Crippen LogP contribution is 2.30. The summed E-state index contributed by atoms with van der Waals surface area (Å²) in [4.78, 5) is 16.1. The number of amides is 1. The van der Waals surface area contributed by atoms with Crippen LogP contribution in [-0.4, -0.2) is 12.2 Å². The zero-order valence-electron chi connectivity index (χ0n) is 13.2. The molecule has 0 saturated carbocycles. The first kappa shape index (κ1) is 17.1. The number of para-hydroxylation sites is 1. The Morgan fingerprint density at radius 1 is 1.00 bits per heavy atom. The second-order valence-corrected chi connectivity index (χ2v) is 7.92. The fraction of sp³-hybridized carbons (Fsp3) is 0.105. The molecule has 0 saturated heterocycles. The van der Waals surface area contributed by atoms with Gasteiger partial charge < -0.3 is 5.32 Å². The Hall–Kier alpha value is -1.69. The number of hydrogen-bond donors (Lipinski definition) is 1. The molecule has 5 heteroatoms. The van der Waals surface area contributed by atoms with Crippen molar-refractivity contribution < 1.29 is 4.79 Å². The summed E-state index contributed by atoms with van der Waals surface area (Å²) in [5.41, 5.74) is 1.57. The summed E-state index contributed by atoms with van der Waals surface area (Å²) < 4.78 is 0. The maximum atomic E-state index is 12.7. The van der Waals surface area contributed by atoms with Gasteiger partial charge in [-0.05, 0) is 42.0 Å². The summed E-state index contributed by atoms with van der Waals surface area (Å²) >= 11 is 5.06. The third-order valence-corrected chi connectivity index (χ3v) is 6.41. The van der Waals surface area contributed by atoms with Gasteiger partial charge in [0.05, 0.1) is 11.3 Å². The van der Waals surface area contributed by atoms with Gasteiger partial charge in [-0.3, -0.25) is 4.79 Å². The van der Waals surface area contributed by atoms with Gasteiger partial charge in [0.15, 0.2) is 0 Å². The summed E-state index contributed by atoms with van der Waals surface area (Å²) in [5, 5.41) is 5.12. The minimum Gasteiger partial charge on any atom is -0.321 e.